The van der Waals surface area contributed by atoms with E-state index in [1.165, 1.54) is 13.2 Å². The zero-order valence-corrected chi connectivity index (χ0v) is 22.0. The zero-order chi connectivity index (χ0) is 28.9. The summed E-state index contributed by atoms with van der Waals surface area (Å²) in [4.78, 5) is 13.3. The number of aliphatic hydroxyl groups excluding tert-OH is 6. The van der Waals surface area contributed by atoms with Gasteiger partial charge < -0.3 is 50.0 Å². The van der Waals surface area contributed by atoms with Crippen molar-refractivity contribution in [1.82, 2.24) is 0 Å². The number of ketones is 1. The van der Waals surface area contributed by atoms with Crippen molar-refractivity contribution in [1.29, 1.82) is 0 Å². The van der Waals surface area contributed by atoms with Gasteiger partial charge in [-0.25, -0.2) is 0 Å². The number of benzene rings is 2. The highest BCUT2D eigenvalue weighted by molar-refractivity contribution is 6.14. The molecule has 2 aromatic rings. The number of aliphatic hydroxyl groups is 6. The van der Waals surface area contributed by atoms with E-state index in [1.807, 2.05) is 0 Å². The van der Waals surface area contributed by atoms with E-state index in [1.54, 1.807) is 37.3 Å². The van der Waals surface area contributed by atoms with Crippen LogP contribution in [-0.2, 0) is 15.9 Å². The molecule has 0 unspecified atom stereocenters. The van der Waals surface area contributed by atoms with Gasteiger partial charge in [-0.05, 0) is 47.8 Å². The molecule has 11 nitrogen and oxygen atoms in total. The Hall–Kier alpha value is -2.87. The molecule has 11 heteroatoms. The number of phenols is 1. The second-order valence-electron chi connectivity index (χ2n) is 10.6. The quantitative estimate of drug-likeness (QED) is 0.268. The van der Waals surface area contributed by atoms with Crippen molar-refractivity contribution in [2.24, 2.45) is 0 Å². The number of ether oxygens (including phenoxy) is 3. The average molecular weight is 559 g/mol. The number of rotatable bonds is 5. The molecule has 0 radical (unpaired) electrons. The minimum Gasteiger partial charge on any atom is -0.507 e. The third-order valence-corrected chi connectivity index (χ3v) is 8.07. The van der Waals surface area contributed by atoms with Crippen LogP contribution in [0.25, 0.3) is 5.57 Å². The van der Waals surface area contributed by atoms with E-state index in [-0.39, 0.29) is 23.3 Å². The lowest BCUT2D eigenvalue weighted by Gasteiger charge is -2.40. The van der Waals surface area contributed by atoms with Crippen molar-refractivity contribution in [3.8, 4) is 11.5 Å². The highest BCUT2D eigenvalue weighted by Gasteiger charge is 2.44. The summed E-state index contributed by atoms with van der Waals surface area (Å²) in [5.74, 6) is -0.405. The molecule has 40 heavy (non-hydrogen) atoms. The Morgan fingerprint density at radius 3 is 2.30 bits per heavy atom. The molecule has 2 fully saturated rings. The van der Waals surface area contributed by atoms with Crippen LogP contribution < -0.4 is 4.74 Å². The Labute approximate surface area is 230 Å². The van der Waals surface area contributed by atoms with E-state index in [4.69, 9.17) is 14.2 Å². The van der Waals surface area contributed by atoms with Crippen LogP contribution in [0.3, 0.4) is 0 Å². The summed E-state index contributed by atoms with van der Waals surface area (Å²) in [6.07, 6.45) is -8.22. The topological polar surface area (TPSA) is 186 Å². The van der Waals surface area contributed by atoms with Gasteiger partial charge in [0.2, 0.25) is 0 Å². The monoisotopic (exact) mass is 558 g/mol. The van der Waals surface area contributed by atoms with Gasteiger partial charge in [0, 0.05) is 6.42 Å². The first-order valence-corrected chi connectivity index (χ1v) is 13.2. The van der Waals surface area contributed by atoms with E-state index in [0.717, 1.165) is 0 Å². The fourth-order valence-electron chi connectivity index (χ4n) is 5.79. The van der Waals surface area contributed by atoms with Gasteiger partial charge in [-0.3, -0.25) is 4.79 Å². The number of allylic oxidation sites excluding steroid dienone is 2. The summed E-state index contributed by atoms with van der Waals surface area (Å²) in [5.41, 5.74) is 2.80. The van der Waals surface area contributed by atoms with Gasteiger partial charge in [0.05, 0.1) is 43.2 Å². The fraction of sp³-hybridized carbons (Fsp3) is 0.483. The molecule has 3 aliphatic rings. The number of hydrogen-bond acceptors (Lipinski definition) is 11. The molecule has 7 N–H and O–H groups in total. The van der Waals surface area contributed by atoms with Crippen molar-refractivity contribution in [2.45, 2.75) is 74.7 Å². The third-order valence-electron chi connectivity index (χ3n) is 8.07. The number of phenolic OH excluding ortho intramolecular Hbond substituents is 1. The van der Waals surface area contributed by atoms with Crippen LogP contribution in [0.1, 0.15) is 58.2 Å². The lowest BCUT2D eigenvalue weighted by atomic mass is 9.83. The van der Waals surface area contributed by atoms with Crippen LogP contribution >= 0.6 is 0 Å². The predicted octanol–water partition coefficient (Wildman–Crippen LogP) is 0.310. The number of carbonyl (C=O) groups excluding carboxylic acids is 1. The maximum atomic E-state index is 13.3. The Morgan fingerprint density at radius 1 is 0.975 bits per heavy atom. The van der Waals surface area contributed by atoms with Crippen molar-refractivity contribution in [3.05, 3.63) is 64.2 Å². The molecule has 5 rings (SSSR count). The fourth-order valence-corrected chi connectivity index (χ4v) is 5.79. The second-order valence-corrected chi connectivity index (χ2v) is 10.6. The summed E-state index contributed by atoms with van der Waals surface area (Å²) < 4.78 is 17.0. The minimum absolute atomic E-state index is 0.0181. The summed E-state index contributed by atoms with van der Waals surface area (Å²) in [6, 6.07) is 8.48. The molecule has 2 aliphatic heterocycles. The first kappa shape index (κ1) is 28.7. The molecular formula is C29H34O11. The van der Waals surface area contributed by atoms with Gasteiger partial charge in [0.15, 0.2) is 5.78 Å². The van der Waals surface area contributed by atoms with Crippen molar-refractivity contribution in [3.63, 3.8) is 0 Å². The molecule has 1 aliphatic carbocycles. The SMILES string of the molecule is COc1cc2c(c(O)c1[C@@H]1C[C@H](O)[C@@H](O)[C@H](C)O1)C(=O)C=C(c1ccc([C@@H]3O[C@@H](CO)[C@@H](O)[C@H](O)[C@@H]3O)cc1)C2. The van der Waals surface area contributed by atoms with Gasteiger partial charge in [-0.15, -0.1) is 0 Å². The van der Waals surface area contributed by atoms with Crippen molar-refractivity contribution >= 4 is 11.4 Å². The van der Waals surface area contributed by atoms with Crippen LogP contribution in [-0.4, -0.2) is 98.0 Å². The number of hydrogen-bond donors (Lipinski definition) is 7. The molecule has 0 spiro atoms. The van der Waals surface area contributed by atoms with Gasteiger partial charge >= 0.3 is 0 Å². The predicted molar refractivity (Wildman–Crippen MR) is 140 cm³/mol. The lowest BCUT2D eigenvalue weighted by Crippen LogP contribution is -2.55. The molecule has 0 amide bonds. The van der Waals surface area contributed by atoms with E-state index in [9.17, 15) is 40.5 Å². The smallest absolute Gasteiger partial charge is 0.190 e. The van der Waals surface area contributed by atoms with Crippen LogP contribution in [0.4, 0.5) is 0 Å². The Morgan fingerprint density at radius 2 is 1.68 bits per heavy atom. The zero-order valence-electron chi connectivity index (χ0n) is 22.0. The molecule has 0 bridgehead atoms. The van der Waals surface area contributed by atoms with Crippen molar-refractivity contribution in [2.75, 3.05) is 13.7 Å². The van der Waals surface area contributed by atoms with Crippen molar-refractivity contribution < 1.29 is 54.8 Å². The number of aromatic hydroxyl groups is 1. The Kier molecular flexibility index (Phi) is 8.01. The summed E-state index contributed by atoms with van der Waals surface area (Å²) >= 11 is 0. The second kappa shape index (κ2) is 11.2. The first-order valence-electron chi connectivity index (χ1n) is 13.2. The standard InChI is InChI=1S/C29H34O11/c1-12-24(33)18(32)10-20(39-12)23-19(38-2)9-16-7-15(8-17(31)22(16)26(23)35)13-3-5-14(6-4-13)29-28(37)27(36)25(34)21(11-30)40-29/h3-6,8-9,12,18,20-21,24-25,27-30,32-37H,7,10-11H2,1-2H3/t12-,18-,20-,21-,24-,25+,27-,28-,29-/m0/s1. The van der Waals surface area contributed by atoms with E-state index in [0.29, 0.717) is 34.4 Å². The average Bonchev–Trinajstić information content (AvgIpc) is 2.94. The van der Waals surface area contributed by atoms with Crippen LogP contribution in [0.15, 0.2) is 36.4 Å². The summed E-state index contributed by atoms with van der Waals surface area (Å²) in [5, 5.41) is 71.6. The lowest BCUT2D eigenvalue weighted by molar-refractivity contribution is -0.231. The third kappa shape index (κ3) is 4.93. The molecule has 2 saturated heterocycles. The minimum atomic E-state index is -1.49. The summed E-state index contributed by atoms with van der Waals surface area (Å²) in [6.45, 7) is 1.09. The molecule has 0 aromatic heterocycles. The largest absolute Gasteiger partial charge is 0.507 e. The van der Waals surface area contributed by atoms with Gasteiger partial charge in [-0.1, -0.05) is 24.3 Å². The number of methoxy groups -OCH3 is 1. The molecule has 2 heterocycles. The van der Waals surface area contributed by atoms with Gasteiger partial charge in [0.1, 0.15) is 48.1 Å². The Balaban J connectivity index is 1.42. The highest BCUT2D eigenvalue weighted by Crippen LogP contribution is 2.46. The molecular weight excluding hydrogens is 524 g/mol. The highest BCUT2D eigenvalue weighted by atomic mass is 16.5. The molecule has 216 valence electrons. The molecule has 0 saturated carbocycles. The summed E-state index contributed by atoms with van der Waals surface area (Å²) in [7, 11) is 1.43. The first-order chi connectivity index (χ1) is 19.0. The van der Waals surface area contributed by atoms with E-state index >= 15 is 0 Å². The molecule has 2 aromatic carbocycles. The van der Waals surface area contributed by atoms with E-state index in [2.05, 4.69) is 0 Å². The molecule has 9 atom stereocenters. The van der Waals surface area contributed by atoms with Gasteiger partial charge in [-0.2, -0.15) is 0 Å². The normalized spacial score (nSPS) is 34.2. The number of fused-ring (bicyclic) bond motifs is 1. The van der Waals surface area contributed by atoms with Gasteiger partial charge in [0.25, 0.3) is 0 Å². The maximum absolute atomic E-state index is 13.3. The maximum Gasteiger partial charge on any atom is 0.190 e. The Bertz CT molecular complexity index is 1280. The van der Waals surface area contributed by atoms with Crippen LogP contribution in [0.2, 0.25) is 0 Å². The van der Waals surface area contributed by atoms with Crippen LogP contribution in [0, 0.1) is 0 Å². The number of carbonyl (C=O) groups is 1. The van der Waals surface area contributed by atoms with E-state index < -0.39 is 67.3 Å². The van der Waals surface area contributed by atoms with Crippen LogP contribution in [0.5, 0.6) is 11.5 Å².